The summed E-state index contributed by atoms with van der Waals surface area (Å²) >= 11 is 0. The summed E-state index contributed by atoms with van der Waals surface area (Å²) in [6, 6.07) is 5.39. The Balaban J connectivity index is 2.03. The molecular weight excluding hydrogens is 254 g/mol. The second-order valence-electron chi connectivity index (χ2n) is 4.24. The van der Waals surface area contributed by atoms with Gasteiger partial charge in [0, 0.05) is 24.6 Å². The molecule has 0 spiro atoms. The van der Waals surface area contributed by atoms with Crippen LogP contribution in [0.2, 0.25) is 0 Å². The second kappa shape index (κ2) is 6.60. The van der Waals surface area contributed by atoms with Crippen LogP contribution in [0, 0.1) is 6.92 Å². The lowest BCUT2D eigenvalue weighted by molar-refractivity contribution is 0.0951. The van der Waals surface area contributed by atoms with Gasteiger partial charge in [0.2, 0.25) is 0 Å². The van der Waals surface area contributed by atoms with E-state index in [0.717, 1.165) is 17.2 Å². The molecule has 0 radical (unpaired) electrons. The third-order valence-electron chi connectivity index (χ3n) is 2.64. The summed E-state index contributed by atoms with van der Waals surface area (Å²) in [5.74, 6) is 0.566. The molecule has 2 N–H and O–H groups in total. The highest BCUT2D eigenvalue weighted by molar-refractivity contribution is 5.93. The summed E-state index contributed by atoms with van der Waals surface area (Å²) in [5.41, 5.74) is 2.13. The maximum absolute atomic E-state index is 11.7. The van der Waals surface area contributed by atoms with Gasteiger partial charge in [-0.2, -0.15) is 0 Å². The molecule has 0 bridgehead atoms. The lowest BCUT2D eigenvalue weighted by Crippen LogP contribution is -2.23. The fraction of sp³-hybridized carbons (Fsp3) is 0.286. The topological polar surface area (TPSA) is 79.8 Å². The molecular formula is C14H17N5O. The van der Waals surface area contributed by atoms with Crippen LogP contribution in [0.4, 0.5) is 5.69 Å². The van der Waals surface area contributed by atoms with Gasteiger partial charge in [0.1, 0.15) is 11.5 Å². The van der Waals surface area contributed by atoms with Gasteiger partial charge in [-0.15, -0.1) is 0 Å². The number of hydrogen-bond acceptors (Lipinski definition) is 5. The van der Waals surface area contributed by atoms with Crippen molar-refractivity contribution < 1.29 is 4.79 Å². The number of aromatic nitrogens is 3. The standard InChI is InChI=1S/C14H17N5O/c1-3-15-14(20)13-8-11(4-7-17-13)18-9-12-5-6-16-10(2)19-12/h4-8H,3,9H2,1-2H3,(H,15,20)(H,17,18). The van der Waals surface area contributed by atoms with E-state index in [1.807, 2.05) is 26.0 Å². The Morgan fingerprint density at radius 1 is 1.25 bits per heavy atom. The first kappa shape index (κ1) is 13.9. The molecule has 6 heteroatoms. The van der Waals surface area contributed by atoms with Gasteiger partial charge >= 0.3 is 0 Å². The number of amides is 1. The Bertz CT molecular complexity index is 600. The summed E-state index contributed by atoms with van der Waals surface area (Å²) in [7, 11) is 0. The largest absolute Gasteiger partial charge is 0.379 e. The van der Waals surface area contributed by atoms with Crippen molar-refractivity contribution in [1.82, 2.24) is 20.3 Å². The molecule has 0 unspecified atom stereocenters. The van der Waals surface area contributed by atoms with E-state index in [9.17, 15) is 4.79 Å². The summed E-state index contributed by atoms with van der Waals surface area (Å²) in [6.07, 6.45) is 3.34. The van der Waals surface area contributed by atoms with E-state index in [1.165, 1.54) is 0 Å². The van der Waals surface area contributed by atoms with E-state index < -0.39 is 0 Å². The number of nitrogens with one attached hydrogen (secondary N) is 2. The van der Waals surface area contributed by atoms with Gasteiger partial charge in [0.15, 0.2) is 0 Å². The van der Waals surface area contributed by atoms with Crippen molar-refractivity contribution in [1.29, 1.82) is 0 Å². The van der Waals surface area contributed by atoms with Gasteiger partial charge in [-0.05, 0) is 32.0 Å². The number of pyridine rings is 1. The zero-order valence-electron chi connectivity index (χ0n) is 11.6. The van der Waals surface area contributed by atoms with Crippen molar-refractivity contribution in [2.75, 3.05) is 11.9 Å². The minimum absolute atomic E-state index is 0.172. The predicted octanol–water partition coefficient (Wildman–Crippen LogP) is 1.54. The summed E-state index contributed by atoms with van der Waals surface area (Å²) in [6.45, 7) is 4.88. The van der Waals surface area contributed by atoms with Crippen molar-refractivity contribution in [2.24, 2.45) is 0 Å². The van der Waals surface area contributed by atoms with Crippen LogP contribution in [-0.2, 0) is 6.54 Å². The quantitative estimate of drug-likeness (QED) is 0.862. The molecule has 20 heavy (non-hydrogen) atoms. The second-order valence-corrected chi connectivity index (χ2v) is 4.24. The van der Waals surface area contributed by atoms with Gasteiger partial charge in [-0.3, -0.25) is 9.78 Å². The number of hydrogen-bond donors (Lipinski definition) is 2. The number of carbonyl (C=O) groups excluding carboxylic acids is 1. The molecule has 2 heterocycles. The van der Waals surface area contributed by atoms with Gasteiger partial charge in [0.05, 0.1) is 12.2 Å². The average molecular weight is 271 g/mol. The lowest BCUT2D eigenvalue weighted by atomic mass is 10.3. The highest BCUT2D eigenvalue weighted by Gasteiger charge is 2.06. The van der Waals surface area contributed by atoms with Crippen molar-refractivity contribution in [3.8, 4) is 0 Å². The highest BCUT2D eigenvalue weighted by Crippen LogP contribution is 2.09. The number of rotatable bonds is 5. The Morgan fingerprint density at radius 3 is 2.80 bits per heavy atom. The molecule has 2 aromatic heterocycles. The van der Waals surface area contributed by atoms with Crippen LogP contribution in [0.3, 0.4) is 0 Å². The fourth-order valence-electron chi connectivity index (χ4n) is 1.71. The number of carbonyl (C=O) groups is 1. The minimum atomic E-state index is -0.172. The molecule has 1 amide bonds. The average Bonchev–Trinajstić information content (AvgIpc) is 2.46. The van der Waals surface area contributed by atoms with Crippen LogP contribution in [0.25, 0.3) is 0 Å². The first-order valence-corrected chi connectivity index (χ1v) is 6.45. The lowest BCUT2D eigenvalue weighted by Gasteiger charge is -2.07. The van der Waals surface area contributed by atoms with Crippen molar-refractivity contribution in [3.05, 3.63) is 47.8 Å². The van der Waals surface area contributed by atoms with E-state index in [4.69, 9.17) is 0 Å². The first-order valence-electron chi connectivity index (χ1n) is 6.45. The molecule has 0 aliphatic heterocycles. The van der Waals surface area contributed by atoms with Crippen LogP contribution >= 0.6 is 0 Å². The molecule has 104 valence electrons. The molecule has 0 fully saturated rings. The smallest absolute Gasteiger partial charge is 0.269 e. The van der Waals surface area contributed by atoms with Crippen molar-refractivity contribution in [3.63, 3.8) is 0 Å². The number of nitrogens with zero attached hydrogens (tertiary/aromatic N) is 3. The Kier molecular flexibility index (Phi) is 4.60. The minimum Gasteiger partial charge on any atom is -0.379 e. The molecule has 0 aromatic carbocycles. The highest BCUT2D eigenvalue weighted by atomic mass is 16.1. The van der Waals surface area contributed by atoms with Gasteiger partial charge in [0.25, 0.3) is 5.91 Å². The van der Waals surface area contributed by atoms with Crippen LogP contribution < -0.4 is 10.6 Å². The fourth-order valence-corrected chi connectivity index (χ4v) is 1.71. The predicted molar refractivity (Wildman–Crippen MR) is 76.3 cm³/mol. The maximum atomic E-state index is 11.7. The third kappa shape index (κ3) is 3.74. The molecule has 2 rings (SSSR count). The Morgan fingerprint density at radius 2 is 2.05 bits per heavy atom. The summed E-state index contributed by atoms with van der Waals surface area (Å²) < 4.78 is 0. The first-order chi connectivity index (χ1) is 9.69. The summed E-state index contributed by atoms with van der Waals surface area (Å²) in [5, 5.41) is 5.94. The SMILES string of the molecule is CCNC(=O)c1cc(NCc2ccnc(C)n2)ccn1. The van der Waals surface area contributed by atoms with Crippen LogP contribution in [0.15, 0.2) is 30.6 Å². The van der Waals surface area contributed by atoms with Crippen LogP contribution in [-0.4, -0.2) is 27.4 Å². The molecule has 0 atom stereocenters. The van der Waals surface area contributed by atoms with E-state index in [1.54, 1.807) is 18.5 Å². The van der Waals surface area contributed by atoms with Crippen LogP contribution in [0.5, 0.6) is 0 Å². The van der Waals surface area contributed by atoms with Crippen molar-refractivity contribution >= 4 is 11.6 Å². The van der Waals surface area contributed by atoms with E-state index in [2.05, 4.69) is 25.6 Å². The zero-order valence-corrected chi connectivity index (χ0v) is 11.6. The van der Waals surface area contributed by atoms with Crippen molar-refractivity contribution in [2.45, 2.75) is 20.4 Å². The monoisotopic (exact) mass is 271 g/mol. The maximum Gasteiger partial charge on any atom is 0.269 e. The van der Waals surface area contributed by atoms with Gasteiger partial charge < -0.3 is 10.6 Å². The molecule has 2 aromatic rings. The zero-order chi connectivity index (χ0) is 14.4. The normalized spacial score (nSPS) is 10.1. The van der Waals surface area contributed by atoms with Crippen LogP contribution in [0.1, 0.15) is 28.9 Å². The van der Waals surface area contributed by atoms with E-state index >= 15 is 0 Å². The molecule has 0 saturated heterocycles. The van der Waals surface area contributed by atoms with Gasteiger partial charge in [-0.25, -0.2) is 9.97 Å². The Hall–Kier alpha value is -2.50. The number of anilines is 1. The Labute approximate surface area is 117 Å². The molecule has 6 nitrogen and oxygen atoms in total. The molecule has 0 saturated carbocycles. The molecule has 0 aliphatic carbocycles. The van der Waals surface area contributed by atoms with E-state index in [0.29, 0.717) is 18.8 Å². The third-order valence-corrected chi connectivity index (χ3v) is 2.64. The van der Waals surface area contributed by atoms with Gasteiger partial charge in [-0.1, -0.05) is 0 Å². The van der Waals surface area contributed by atoms with E-state index in [-0.39, 0.29) is 5.91 Å². The number of aryl methyl sites for hydroxylation is 1. The molecule has 0 aliphatic rings. The summed E-state index contributed by atoms with van der Waals surface area (Å²) in [4.78, 5) is 24.1.